The van der Waals surface area contributed by atoms with Crippen LogP contribution < -0.4 is 0 Å². The molecule has 3 nitrogen and oxygen atoms in total. The third-order valence-corrected chi connectivity index (χ3v) is 11.2. The molecule has 0 unspecified atom stereocenters. The molecule has 0 saturated heterocycles. The fraction of sp³-hybridized carbons (Fsp3) is 0.309. The lowest BCUT2D eigenvalue weighted by Crippen LogP contribution is -2.11. The van der Waals surface area contributed by atoms with E-state index >= 15 is 0 Å². The fourth-order valence-electron chi connectivity index (χ4n) is 8.09. The van der Waals surface area contributed by atoms with Crippen molar-refractivity contribution in [3.63, 3.8) is 0 Å². The molecule has 0 aliphatic heterocycles. The standard InChI is InChI=1S/C55H61N3/c1-36(2)29-42-17-14-18-43(30-37(3)4)51(42)58-52(44-19-12-15-38(5)31-44)56-57-53(58)45-20-13-16-41(32-45)48-34-46(39-21-25-49(26-22-39)54(6,7)8)33-47(35-48)40-23-27-50(28-24-40)55(9,10)11/h12-28,31-37H,29-30H2,1-11H3. The van der Waals surface area contributed by atoms with Gasteiger partial charge in [0, 0.05) is 11.1 Å². The molecule has 0 saturated carbocycles. The van der Waals surface area contributed by atoms with E-state index in [0.717, 1.165) is 41.2 Å². The van der Waals surface area contributed by atoms with Crippen molar-refractivity contribution in [2.24, 2.45) is 11.8 Å². The Morgan fingerprint density at radius 3 is 1.24 bits per heavy atom. The molecular weight excluding hydrogens is 703 g/mol. The summed E-state index contributed by atoms with van der Waals surface area (Å²) in [4.78, 5) is 0. The Morgan fingerprint density at radius 1 is 0.431 bits per heavy atom. The van der Waals surface area contributed by atoms with E-state index in [2.05, 4.69) is 214 Å². The van der Waals surface area contributed by atoms with E-state index in [9.17, 15) is 0 Å². The van der Waals surface area contributed by atoms with E-state index < -0.39 is 0 Å². The van der Waals surface area contributed by atoms with Crippen molar-refractivity contribution in [3.05, 3.63) is 161 Å². The molecule has 0 spiro atoms. The lowest BCUT2D eigenvalue weighted by molar-refractivity contribution is 0.590. The summed E-state index contributed by atoms with van der Waals surface area (Å²) in [6.07, 6.45) is 1.93. The van der Waals surface area contributed by atoms with E-state index in [1.54, 1.807) is 0 Å². The molecule has 0 amide bonds. The van der Waals surface area contributed by atoms with Gasteiger partial charge in [0.25, 0.3) is 0 Å². The van der Waals surface area contributed by atoms with Crippen LogP contribution in [0.4, 0.5) is 0 Å². The smallest absolute Gasteiger partial charge is 0.168 e. The molecule has 296 valence electrons. The summed E-state index contributed by atoms with van der Waals surface area (Å²) in [5.41, 5.74) is 17.1. The maximum absolute atomic E-state index is 5.04. The molecule has 0 atom stereocenters. The molecule has 0 fully saturated rings. The Morgan fingerprint density at radius 2 is 0.810 bits per heavy atom. The van der Waals surface area contributed by atoms with Gasteiger partial charge >= 0.3 is 0 Å². The van der Waals surface area contributed by atoms with Gasteiger partial charge in [-0.05, 0) is 128 Å². The molecule has 1 aromatic heterocycles. The van der Waals surface area contributed by atoms with Gasteiger partial charge in [-0.2, -0.15) is 0 Å². The predicted octanol–water partition coefficient (Wildman–Crippen LogP) is 14.9. The van der Waals surface area contributed by atoms with Crippen LogP contribution in [0, 0.1) is 18.8 Å². The molecule has 0 aliphatic rings. The van der Waals surface area contributed by atoms with E-state index in [-0.39, 0.29) is 10.8 Å². The van der Waals surface area contributed by atoms with Crippen LogP contribution in [0.2, 0.25) is 0 Å². The first-order valence-corrected chi connectivity index (χ1v) is 21.2. The van der Waals surface area contributed by atoms with Gasteiger partial charge in [0.1, 0.15) is 0 Å². The van der Waals surface area contributed by atoms with Gasteiger partial charge in [-0.3, -0.25) is 4.57 Å². The summed E-state index contributed by atoms with van der Waals surface area (Å²) in [5, 5.41) is 10.0. The molecule has 7 aromatic rings. The SMILES string of the molecule is Cc1cccc(-c2nnc(-c3cccc(-c4cc(-c5ccc(C(C)(C)C)cc5)cc(-c5ccc(C(C)(C)C)cc5)c4)c3)n2-c2c(CC(C)C)cccc2CC(C)C)c1. The number of aromatic nitrogens is 3. The number of hydrogen-bond acceptors (Lipinski definition) is 2. The van der Waals surface area contributed by atoms with Gasteiger partial charge < -0.3 is 0 Å². The molecule has 7 rings (SSSR count). The van der Waals surface area contributed by atoms with Gasteiger partial charge in [-0.15, -0.1) is 10.2 Å². The van der Waals surface area contributed by atoms with Crippen LogP contribution >= 0.6 is 0 Å². The van der Waals surface area contributed by atoms with Crippen LogP contribution in [0.1, 0.15) is 97.1 Å². The highest BCUT2D eigenvalue weighted by molar-refractivity contribution is 5.83. The zero-order valence-corrected chi connectivity index (χ0v) is 36.6. The van der Waals surface area contributed by atoms with Crippen LogP contribution in [0.15, 0.2) is 133 Å². The van der Waals surface area contributed by atoms with Gasteiger partial charge in [0.15, 0.2) is 11.6 Å². The van der Waals surface area contributed by atoms with Crippen LogP contribution in [-0.2, 0) is 23.7 Å². The van der Waals surface area contributed by atoms with Crippen molar-refractivity contribution in [1.29, 1.82) is 0 Å². The molecule has 0 bridgehead atoms. The molecule has 3 heteroatoms. The maximum atomic E-state index is 5.04. The summed E-state index contributed by atoms with van der Waals surface area (Å²) in [5.74, 6) is 2.71. The van der Waals surface area contributed by atoms with Crippen molar-refractivity contribution >= 4 is 0 Å². The minimum absolute atomic E-state index is 0.0887. The minimum Gasteiger partial charge on any atom is -0.274 e. The highest BCUT2D eigenvalue weighted by Crippen LogP contribution is 2.38. The number of hydrogen-bond donors (Lipinski definition) is 0. The van der Waals surface area contributed by atoms with Crippen molar-refractivity contribution in [2.75, 3.05) is 0 Å². The Balaban J connectivity index is 1.43. The molecule has 0 radical (unpaired) electrons. The normalized spacial score (nSPS) is 12.2. The molecule has 0 N–H and O–H groups in total. The zero-order valence-electron chi connectivity index (χ0n) is 36.6. The lowest BCUT2D eigenvalue weighted by Gasteiger charge is -2.21. The monoisotopic (exact) mass is 763 g/mol. The molecule has 1 heterocycles. The lowest BCUT2D eigenvalue weighted by atomic mass is 9.85. The molecular formula is C55H61N3. The molecule has 6 aromatic carbocycles. The highest BCUT2D eigenvalue weighted by Gasteiger charge is 2.24. The van der Waals surface area contributed by atoms with Crippen molar-refractivity contribution in [3.8, 4) is 61.8 Å². The third-order valence-electron chi connectivity index (χ3n) is 11.2. The van der Waals surface area contributed by atoms with Gasteiger partial charge in [-0.25, -0.2) is 0 Å². The van der Waals surface area contributed by atoms with Crippen molar-refractivity contribution in [2.45, 2.75) is 99.8 Å². The van der Waals surface area contributed by atoms with Gasteiger partial charge in [-0.1, -0.05) is 178 Å². The fourth-order valence-corrected chi connectivity index (χ4v) is 8.09. The third kappa shape index (κ3) is 8.95. The number of benzene rings is 6. The average molecular weight is 764 g/mol. The molecule has 58 heavy (non-hydrogen) atoms. The number of aryl methyl sites for hydroxylation is 1. The summed E-state index contributed by atoms with van der Waals surface area (Å²) >= 11 is 0. The van der Waals surface area contributed by atoms with E-state index in [1.807, 2.05) is 0 Å². The van der Waals surface area contributed by atoms with Crippen LogP contribution in [0.3, 0.4) is 0 Å². The summed E-state index contributed by atoms with van der Waals surface area (Å²) < 4.78 is 2.36. The quantitative estimate of drug-likeness (QED) is 0.139. The maximum Gasteiger partial charge on any atom is 0.168 e. The van der Waals surface area contributed by atoms with Crippen molar-refractivity contribution in [1.82, 2.24) is 14.8 Å². The van der Waals surface area contributed by atoms with Gasteiger partial charge in [0.05, 0.1) is 5.69 Å². The Labute approximate surface area is 348 Å². The van der Waals surface area contributed by atoms with E-state index in [0.29, 0.717) is 11.8 Å². The minimum atomic E-state index is 0.0887. The first kappa shape index (κ1) is 40.6. The van der Waals surface area contributed by atoms with Crippen molar-refractivity contribution < 1.29 is 0 Å². The number of para-hydroxylation sites is 1. The second kappa shape index (κ2) is 16.4. The number of nitrogens with zero attached hydrogens (tertiary/aromatic N) is 3. The summed E-state index contributed by atoms with van der Waals surface area (Å²) in [6, 6.07) is 49.7. The summed E-state index contributed by atoms with van der Waals surface area (Å²) in [7, 11) is 0. The van der Waals surface area contributed by atoms with E-state index in [4.69, 9.17) is 10.2 Å². The second-order valence-corrected chi connectivity index (χ2v) is 19.2. The zero-order chi connectivity index (χ0) is 41.4. The largest absolute Gasteiger partial charge is 0.274 e. The highest BCUT2D eigenvalue weighted by atomic mass is 15.3. The van der Waals surface area contributed by atoms with Crippen LogP contribution in [0.25, 0.3) is 61.8 Å². The molecule has 0 aliphatic carbocycles. The Hall–Kier alpha value is -5.54. The number of rotatable bonds is 10. The Kier molecular flexibility index (Phi) is 11.5. The predicted molar refractivity (Wildman–Crippen MR) is 248 cm³/mol. The summed E-state index contributed by atoms with van der Waals surface area (Å²) in [6.45, 7) is 25.0. The first-order valence-electron chi connectivity index (χ1n) is 21.2. The van der Waals surface area contributed by atoms with Gasteiger partial charge in [0.2, 0.25) is 0 Å². The first-order chi connectivity index (χ1) is 27.5. The topological polar surface area (TPSA) is 30.7 Å². The Bertz CT molecular complexity index is 2410. The van der Waals surface area contributed by atoms with Crippen LogP contribution in [-0.4, -0.2) is 14.8 Å². The second-order valence-electron chi connectivity index (χ2n) is 19.2. The van der Waals surface area contributed by atoms with E-state index in [1.165, 1.54) is 61.3 Å². The van der Waals surface area contributed by atoms with Crippen LogP contribution in [0.5, 0.6) is 0 Å². The average Bonchev–Trinajstić information content (AvgIpc) is 3.62.